The van der Waals surface area contributed by atoms with Crippen molar-refractivity contribution in [2.45, 2.75) is 362 Å². The van der Waals surface area contributed by atoms with E-state index < -0.39 is 97.5 Å². The molecule has 0 aromatic heterocycles. The van der Waals surface area contributed by atoms with Crippen LogP contribution in [0.25, 0.3) is 0 Å². The molecule has 516 valence electrons. The number of carbonyl (C=O) groups is 4. The molecule has 19 heteroatoms. The van der Waals surface area contributed by atoms with Crippen LogP contribution in [0.1, 0.15) is 343 Å². The Morgan fingerprint density at radius 3 is 0.782 bits per heavy atom. The van der Waals surface area contributed by atoms with Gasteiger partial charge in [-0.3, -0.25) is 37.3 Å². The van der Waals surface area contributed by atoms with Crippen LogP contribution in [0.4, 0.5) is 0 Å². The topological polar surface area (TPSA) is 237 Å². The van der Waals surface area contributed by atoms with E-state index in [0.29, 0.717) is 25.7 Å². The van der Waals surface area contributed by atoms with Gasteiger partial charge in [0.1, 0.15) is 19.3 Å². The van der Waals surface area contributed by atoms with Crippen LogP contribution in [0.2, 0.25) is 0 Å². The summed E-state index contributed by atoms with van der Waals surface area (Å²) in [5.41, 5.74) is 0. The molecule has 0 heterocycles. The average Bonchev–Trinajstić information content (AvgIpc) is 3.63. The van der Waals surface area contributed by atoms with Gasteiger partial charge in [0.25, 0.3) is 0 Å². The largest absolute Gasteiger partial charge is 0.472 e. The smallest absolute Gasteiger partial charge is 0.462 e. The number of aliphatic hydroxyl groups excluding tert-OH is 1. The van der Waals surface area contributed by atoms with E-state index in [1.807, 2.05) is 0 Å². The second kappa shape index (κ2) is 60.3. The first-order valence-electron chi connectivity index (χ1n) is 35.5. The summed E-state index contributed by atoms with van der Waals surface area (Å²) in [4.78, 5) is 72.4. The molecule has 0 amide bonds. The molecule has 0 aliphatic carbocycles. The maximum Gasteiger partial charge on any atom is 0.472 e. The van der Waals surface area contributed by atoms with Crippen molar-refractivity contribution in [3.05, 3.63) is 0 Å². The second-order valence-electron chi connectivity index (χ2n) is 25.5. The van der Waals surface area contributed by atoms with E-state index in [2.05, 4.69) is 41.5 Å². The van der Waals surface area contributed by atoms with Gasteiger partial charge < -0.3 is 33.8 Å². The second-order valence-corrected chi connectivity index (χ2v) is 28.4. The maximum atomic E-state index is 13.0. The number of unbranched alkanes of at least 4 members (excludes halogenated alkanes) is 37. The van der Waals surface area contributed by atoms with Crippen molar-refractivity contribution in [3.8, 4) is 0 Å². The summed E-state index contributed by atoms with van der Waals surface area (Å²) in [6.45, 7) is 9.50. The number of rotatable bonds is 67. The van der Waals surface area contributed by atoms with Crippen molar-refractivity contribution in [1.29, 1.82) is 0 Å². The van der Waals surface area contributed by atoms with E-state index in [4.69, 9.17) is 37.0 Å². The zero-order chi connectivity index (χ0) is 64.3. The van der Waals surface area contributed by atoms with E-state index in [0.717, 1.165) is 102 Å². The molecule has 3 N–H and O–H groups in total. The van der Waals surface area contributed by atoms with Crippen LogP contribution in [-0.4, -0.2) is 96.7 Å². The average molecular weight is 1280 g/mol. The van der Waals surface area contributed by atoms with Crippen LogP contribution in [0.15, 0.2) is 0 Å². The highest BCUT2D eigenvalue weighted by molar-refractivity contribution is 7.47. The lowest BCUT2D eigenvalue weighted by molar-refractivity contribution is -0.161. The summed E-state index contributed by atoms with van der Waals surface area (Å²) in [5.74, 6) is -0.630. The van der Waals surface area contributed by atoms with Crippen LogP contribution in [0, 0.1) is 11.8 Å². The van der Waals surface area contributed by atoms with Crippen molar-refractivity contribution in [2.75, 3.05) is 39.6 Å². The fraction of sp³-hybridized carbons (Fsp3) is 0.941. The monoisotopic (exact) mass is 1280 g/mol. The molecule has 0 fully saturated rings. The maximum absolute atomic E-state index is 13.0. The zero-order valence-electron chi connectivity index (χ0n) is 56.3. The molecule has 87 heavy (non-hydrogen) atoms. The number of ether oxygens (including phenoxy) is 4. The van der Waals surface area contributed by atoms with Gasteiger partial charge in [0.05, 0.1) is 26.4 Å². The van der Waals surface area contributed by atoms with E-state index in [9.17, 15) is 43.2 Å². The van der Waals surface area contributed by atoms with Crippen LogP contribution < -0.4 is 0 Å². The van der Waals surface area contributed by atoms with Crippen molar-refractivity contribution in [3.63, 3.8) is 0 Å². The normalized spacial score (nSPS) is 14.2. The minimum atomic E-state index is -4.95. The Balaban J connectivity index is 5.25. The molecular formula is C68H132O17P2. The first-order chi connectivity index (χ1) is 41.9. The summed E-state index contributed by atoms with van der Waals surface area (Å²) < 4.78 is 68.2. The molecular weight excluding hydrogens is 1150 g/mol. The van der Waals surface area contributed by atoms with Gasteiger partial charge in [0.2, 0.25) is 0 Å². The number of hydrogen-bond donors (Lipinski definition) is 3. The Bertz CT molecular complexity index is 1700. The summed E-state index contributed by atoms with van der Waals surface area (Å²) >= 11 is 0. The molecule has 0 aromatic carbocycles. The first-order valence-corrected chi connectivity index (χ1v) is 38.5. The highest BCUT2D eigenvalue weighted by Gasteiger charge is 2.30. The first kappa shape index (κ1) is 85.1. The summed E-state index contributed by atoms with van der Waals surface area (Å²) in [6, 6.07) is 0. The van der Waals surface area contributed by atoms with Gasteiger partial charge in [0, 0.05) is 25.7 Å². The van der Waals surface area contributed by atoms with Gasteiger partial charge in [0.15, 0.2) is 12.2 Å². The third-order valence-electron chi connectivity index (χ3n) is 15.7. The number of hydrogen-bond acceptors (Lipinski definition) is 15. The van der Waals surface area contributed by atoms with Crippen LogP contribution >= 0.6 is 15.6 Å². The number of carbonyl (C=O) groups excluding carboxylic acids is 4. The summed E-state index contributed by atoms with van der Waals surface area (Å²) in [7, 11) is -9.89. The molecule has 0 bridgehead atoms. The van der Waals surface area contributed by atoms with Gasteiger partial charge >= 0.3 is 39.5 Å². The zero-order valence-corrected chi connectivity index (χ0v) is 58.1. The van der Waals surface area contributed by atoms with Gasteiger partial charge in [-0.1, -0.05) is 292 Å². The molecule has 0 radical (unpaired) electrons. The van der Waals surface area contributed by atoms with Gasteiger partial charge in [-0.05, 0) is 37.5 Å². The third kappa shape index (κ3) is 62.6. The van der Waals surface area contributed by atoms with Gasteiger partial charge in [-0.15, -0.1) is 0 Å². The van der Waals surface area contributed by atoms with Crippen molar-refractivity contribution < 1.29 is 80.2 Å². The van der Waals surface area contributed by atoms with Crippen LogP contribution in [0.3, 0.4) is 0 Å². The van der Waals surface area contributed by atoms with E-state index in [1.54, 1.807) is 0 Å². The number of phosphoric ester groups is 2. The standard InChI is InChI=1S/C68H132O17P2/c1-7-9-11-13-15-17-19-20-27-34-40-46-52-67(72)84-63(56-78-65(70)50-44-38-32-26-18-16-14-12-10-8-2)58-82-86(74,75)80-54-62(69)55-81-87(76,77)83-59-64(57-79-66(71)51-45-39-33-29-23-25-31-37-43-49-61(5)6)85-68(73)53-47-41-35-28-22-21-24-30-36-42-48-60(3)4/h60-64,69H,7-59H2,1-6H3,(H,74,75)(H,76,77)/t62-,63+,64+/m0/s1. The van der Waals surface area contributed by atoms with E-state index >= 15 is 0 Å². The van der Waals surface area contributed by atoms with E-state index in [-0.39, 0.29) is 25.7 Å². The highest BCUT2D eigenvalue weighted by atomic mass is 31.2. The number of esters is 4. The minimum absolute atomic E-state index is 0.106. The van der Waals surface area contributed by atoms with Crippen molar-refractivity contribution >= 4 is 39.5 Å². The lowest BCUT2D eigenvalue weighted by Crippen LogP contribution is -2.30. The number of phosphoric acid groups is 2. The fourth-order valence-corrected chi connectivity index (χ4v) is 11.8. The Morgan fingerprint density at radius 1 is 0.310 bits per heavy atom. The predicted molar refractivity (Wildman–Crippen MR) is 349 cm³/mol. The van der Waals surface area contributed by atoms with E-state index in [1.165, 1.54) is 161 Å². The van der Waals surface area contributed by atoms with Gasteiger partial charge in [-0.25, -0.2) is 9.13 Å². The summed E-state index contributed by atoms with van der Waals surface area (Å²) in [6.07, 6.45) is 44.3. The summed E-state index contributed by atoms with van der Waals surface area (Å²) in [5, 5.41) is 10.6. The molecule has 0 aliphatic heterocycles. The van der Waals surface area contributed by atoms with Crippen molar-refractivity contribution in [1.82, 2.24) is 0 Å². The SMILES string of the molecule is CCCCCCCCCCCCCCC(=O)O[C@H](COC(=O)CCCCCCCCCCCC)COP(=O)(O)OC[C@H](O)COP(=O)(O)OC[C@@H](COC(=O)CCCCCCCCCCCC(C)C)OC(=O)CCCCCCCCCCCCC(C)C. The van der Waals surface area contributed by atoms with Crippen LogP contribution in [-0.2, 0) is 65.4 Å². The molecule has 0 aliphatic rings. The third-order valence-corrected chi connectivity index (χ3v) is 17.6. The Labute approximate surface area is 530 Å². The van der Waals surface area contributed by atoms with Crippen molar-refractivity contribution in [2.24, 2.45) is 11.8 Å². The molecule has 0 spiro atoms. The Hall–Kier alpha value is -1.94. The Kier molecular flexibility index (Phi) is 59.0. The molecule has 2 unspecified atom stereocenters. The molecule has 5 atom stereocenters. The van der Waals surface area contributed by atoms with Gasteiger partial charge in [-0.2, -0.15) is 0 Å². The lowest BCUT2D eigenvalue weighted by atomic mass is 10.0. The lowest BCUT2D eigenvalue weighted by Gasteiger charge is -2.21. The molecule has 0 saturated heterocycles. The molecule has 0 saturated carbocycles. The molecule has 17 nitrogen and oxygen atoms in total. The minimum Gasteiger partial charge on any atom is -0.462 e. The number of aliphatic hydroxyl groups is 1. The predicted octanol–water partition coefficient (Wildman–Crippen LogP) is 19.2. The fourth-order valence-electron chi connectivity index (χ4n) is 10.2. The van der Waals surface area contributed by atoms with Crippen LogP contribution in [0.5, 0.6) is 0 Å². The highest BCUT2D eigenvalue weighted by Crippen LogP contribution is 2.45. The molecule has 0 rings (SSSR count). The molecule has 0 aromatic rings. The quantitative estimate of drug-likeness (QED) is 0.0222. The Morgan fingerprint density at radius 2 is 0.529 bits per heavy atom.